The molecule has 0 saturated carbocycles. The van der Waals surface area contributed by atoms with Gasteiger partial charge in [0.25, 0.3) is 5.91 Å². The summed E-state index contributed by atoms with van der Waals surface area (Å²) in [6, 6.07) is 16.8. The molecule has 0 aliphatic carbocycles. The third-order valence-electron chi connectivity index (χ3n) is 3.75. The summed E-state index contributed by atoms with van der Waals surface area (Å²) in [5.41, 5.74) is 3.05. The highest BCUT2D eigenvalue weighted by Gasteiger charge is 2.10. The van der Waals surface area contributed by atoms with Gasteiger partial charge < -0.3 is 20.4 Å². The minimum Gasteiger partial charge on any atom is -0.465 e. The zero-order valence-corrected chi connectivity index (χ0v) is 14.9. The number of esters is 1. The van der Waals surface area contributed by atoms with Crippen LogP contribution in [-0.2, 0) is 9.53 Å². The quantitative estimate of drug-likeness (QED) is 0.557. The molecule has 3 aromatic rings. The molecule has 7 nitrogen and oxygen atoms in total. The summed E-state index contributed by atoms with van der Waals surface area (Å²) in [4.78, 5) is 31.0. The Labute approximate surface area is 158 Å². The molecule has 27 heavy (non-hydrogen) atoms. The molecule has 0 aliphatic heterocycles. The number of carbonyl (C=O) groups excluding carboxylic acids is 2. The molecule has 3 rings (SSSR count). The lowest BCUT2D eigenvalue weighted by Gasteiger charge is -2.07. The van der Waals surface area contributed by atoms with Gasteiger partial charge in [-0.1, -0.05) is 36.4 Å². The Morgan fingerprint density at radius 1 is 1.15 bits per heavy atom. The van der Waals surface area contributed by atoms with Gasteiger partial charge in [0, 0.05) is 12.7 Å². The molecule has 2 aromatic carbocycles. The van der Waals surface area contributed by atoms with Crippen LogP contribution >= 0.6 is 0 Å². The minimum atomic E-state index is -0.468. The Morgan fingerprint density at radius 3 is 2.74 bits per heavy atom. The highest BCUT2D eigenvalue weighted by atomic mass is 16.5. The van der Waals surface area contributed by atoms with Crippen LogP contribution in [-0.4, -0.2) is 35.0 Å². The molecule has 140 valence electrons. The maximum absolute atomic E-state index is 12.2. The Bertz CT molecular complexity index is 928. The van der Waals surface area contributed by atoms with Crippen LogP contribution in [0.5, 0.6) is 0 Å². The molecule has 0 atom stereocenters. The predicted octanol–water partition coefficient (Wildman–Crippen LogP) is 3.36. The minimum absolute atomic E-state index is 0. The Balaban J connectivity index is 0.00000280. The number of ether oxygens (including phenoxy) is 1. The second-order valence-corrected chi connectivity index (χ2v) is 5.71. The summed E-state index contributed by atoms with van der Waals surface area (Å²) in [5, 5.41) is 5.67. The lowest BCUT2D eigenvalue weighted by atomic mass is 10.2. The van der Waals surface area contributed by atoms with Crippen LogP contribution < -0.4 is 10.6 Å². The number of aromatic amines is 1. The summed E-state index contributed by atoms with van der Waals surface area (Å²) in [5.74, 6) is -0.252. The van der Waals surface area contributed by atoms with E-state index in [9.17, 15) is 9.59 Å². The smallest absolute Gasteiger partial charge is 0.325 e. The molecule has 0 bridgehead atoms. The molecular formula is C20H22N4O3. The molecule has 3 N–H and O–H groups in total. The molecule has 0 saturated heterocycles. The van der Waals surface area contributed by atoms with Crippen molar-refractivity contribution in [2.75, 3.05) is 18.5 Å². The number of carbonyl (C=O) groups is 2. The van der Waals surface area contributed by atoms with Gasteiger partial charge in [-0.05, 0) is 30.7 Å². The number of rotatable bonds is 7. The normalized spacial score (nSPS) is 10.3. The number of nitrogens with one attached hydrogen (secondary N) is 3. The van der Waals surface area contributed by atoms with Crippen molar-refractivity contribution in [1.29, 1.82) is 0 Å². The van der Waals surface area contributed by atoms with Gasteiger partial charge in [0.05, 0.1) is 18.5 Å². The van der Waals surface area contributed by atoms with Crippen LogP contribution in [0.25, 0.3) is 11.3 Å². The van der Waals surface area contributed by atoms with E-state index < -0.39 is 5.97 Å². The van der Waals surface area contributed by atoms with Gasteiger partial charge in [-0.3, -0.25) is 9.59 Å². The second kappa shape index (κ2) is 8.66. The van der Waals surface area contributed by atoms with Gasteiger partial charge in [0.1, 0.15) is 6.54 Å². The fraction of sp³-hybridized carbons (Fsp3) is 0.150. The fourth-order valence-electron chi connectivity index (χ4n) is 2.49. The number of H-pyrrole nitrogens is 1. The van der Waals surface area contributed by atoms with Gasteiger partial charge in [-0.15, -0.1) is 0 Å². The largest absolute Gasteiger partial charge is 0.465 e. The predicted molar refractivity (Wildman–Crippen MR) is 105 cm³/mol. The molecule has 0 aliphatic rings. The van der Waals surface area contributed by atoms with Crippen molar-refractivity contribution in [2.24, 2.45) is 0 Å². The molecule has 0 radical (unpaired) electrons. The van der Waals surface area contributed by atoms with Crippen LogP contribution in [0.3, 0.4) is 0 Å². The number of aromatic nitrogens is 2. The van der Waals surface area contributed by atoms with E-state index in [-0.39, 0.29) is 20.5 Å². The standard InChI is InChI=1S/C20H20N4O3.H2/c1-2-27-18(25)13-21-19(26)15-9-6-10-16(11-15)23-20-22-12-17(24-20)14-7-4-3-5-8-14;/h3-12H,2,13H2,1H3,(H,21,26)(H2,22,23,24);1H. The van der Waals surface area contributed by atoms with Gasteiger partial charge in [0.2, 0.25) is 5.95 Å². The third kappa shape index (κ3) is 4.94. The molecular weight excluding hydrogens is 344 g/mol. The second-order valence-electron chi connectivity index (χ2n) is 5.71. The van der Waals surface area contributed by atoms with Crippen molar-refractivity contribution in [2.45, 2.75) is 6.92 Å². The van der Waals surface area contributed by atoms with E-state index >= 15 is 0 Å². The monoisotopic (exact) mass is 366 g/mol. The number of imidazole rings is 1. The molecule has 1 heterocycles. The van der Waals surface area contributed by atoms with E-state index in [1.54, 1.807) is 31.3 Å². The first-order valence-electron chi connectivity index (χ1n) is 8.57. The molecule has 0 unspecified atom stereocenters. The summed E-state index contributed by atoms with van der Waals surface area (Å²) < 4.78 is 4.79. The van der Waals surface area contributed by atoms with Crippen LogP contribution in [0.2, 0.25) is 0 Å². The Morgan fingerprint density at radius 2 is 1.96 bits per heavy atom. The van der Waals surface area contributed by atoms with Crippen molar-refractivity contribution >= 4 is 23.5 Å². The van der Waals surface area contributed by atoms with Gasteiger partial charge in [-0.2, -0.15) is 0 Å². The van der Waals surface area contributed by atoms with Crippen molar-refractivity contribution in [3.63, 3.8) is 0 Å². The van der Waals surface area contributed by atoms with Gasteiger partial charge in [0.15, 0.2) is 0 Å². The van der Waals surface area contributed by atoms with E-state index in [2.05, 4.69) is 20.6 Å². The highest BCUT2D eigenvalue weighted by molar-refractivity contribution is 5.96. The average Bonchev–Trinajstić information content (AvgIpc) is 3.16. The first-order chi connectivity index (χ1) is 13.2. The Hall–Kier alpha value is -3.61. The van der Waals surface area contributed by atoms with Crippen LogP contribution in [0.4, 0.5) is 11.6 Å². The van der Waals surface area contributed by atoms with Crippen molar-refractivity contribution in [3.05, 3.63) is 66.4 Å². The lowest BCUT2D eigenvalue weighted by Crippen LogP contribution is -2.30. The fourth-order valence-corrected chi connectivity index (χ4v) is 2.49. The van der Waals surface area contributed by atoms with E-state index in [1.807, 2.05) is 36.4 Å². The summed E-state index contributed by atoms with van der Waals surface area (Å²) >= 11 is 0. The summed E-state index contributed by atoms with van der Waals surface area (Å²) in [6.45, 7) is 1.83. The first-order valence-corrected chi connectivity index (χ1v) is 8.57. The molecule has 0 fully saturated rings. The molecule has 1 amide bonds. The maximum atomic E-state index is 12.2. The van der Waals surface area contributed by atoms with Gasteiger partial charge in [-0.25, -0.2) is 4.98 Å². The zero-order valence-electron chi connectivity index (χ0n) is 14.9. The third-order valence-corrected chi connectivity index (χ3v) is 3.75. The van der Waals surface area contributed by atoms with E-state index in [0.717, 1.165) is 11.3 Å². The topological polar surface area (TPSA) is 96.1 Å². The maximum Gasteiger partial charge on any atom is 0.325 e. The highest BCUT2D eigenvalue weighted by Crippen LogP contribution is 2.20. The van der Waals surface area contributed by atoms with Crippen molar-refractivity contribution in [3.8, 4) is 11.3 Å². The van der Waals surface area contributed by atoms with Crippen molar-refractivity contribution < 1.29 is 15.8 Å². The molecule has 7 heteroatoms. The van der Waals surface area contributed by atoms with E-state index in [4.69, 9.17) is 4.74 Å². The lowest BCUT2D eigenvalue weighted by molar-refractivity contribution is -0.141. The molecule has 0 spiro atoms. The number of amides is 1. The Kier molecular flexibility index (Phi) is 5.84. The van der Waals surface area contributed by atoms with Crippen molar-refractivity contribution in [1.82, 2.24) is 15.3 Å². The number of nitrogens with zero attached hydrogens (tertiary/aromatic N) is 1. The first kappa shape index (κ1) is 18.2. The van der Waals surface area contributed by atoms with Gasteiger partial charge >= 0.3 is 5.97 Å². The summed E-state index contributed by atoms with van der Waals surface area (Å²) in [6.07, 6.45) is 1.74. The number of hydrogen-bond acceptors (Lipinski definition) is 5. The summed E-state index contributed by atoms with van der Waals surface area (Å²) in [7, 11) is 0. The number of hydrogen-bond donors (Lipinski definition) is 3. The average molecular weight is 366 g/mol. The van der Waals surface area contributed by atoms with E-state index in [0.29, 0.717) is 17.2 Å². The SMILES string of the molecule is CCOC(=O)CNC(=O)c1cccc(Nc2ncc(-c3ccccc3)[nH]2)c1.[HH]. The van der Waals surface area contributed by atoms with Crippen LogP contribution in [0.15, 0.2) is 60.8 Å². The molecule has 1 aromatic heterocycles. The van der Waals surface area contributed by atoms with E-state index in [1.165, 1.54) is 0 Å². The number of anilines is 2. The number of benzene rings is 2. The zero-order chi connectivity index (χ0) is 19.1. The van der Waals surface area contributed by atoms with Crippen LogP contribution in [0, 0.1) is 0 Å². The van der Waals surface area contributed by atoms with Crippen LogP contribution in [0.1, 0.15) is 18.7 Å².